The number of ether oxygens (including phenoxy) is 1. The van der Waals surface area contributed by atoms with Gasteiger partial charge in [0, 0.05) is 11.3 Å². The van der Waals surface area contributed by atoms with Gasteiger partial charge in [0.15, 0.2) is 15.5 Å². The van der Waals surface area contributed by atoms with Crippen LogP contribution in [0.5, 0.6) is 5.75 Å². The molecule has 0 aliphatic carbocycles. The number of benzene rings is 2. The summed E-state index contributed by atoms with van der Waals surface area (Å²) in [7, 11) is -1.51. The number of methoxy groups -OCH3 is 1. The number of carbonyl (C=O) groups is 1. The number of para-hydroxylation sites is 1. The van der Waals surface area contributed by atoms with Gasteiger partial charge in [-0.25, -0.2) is 8.42 Å². The molecule has 4 rings (SSSR count). The second-order valence-corrected chi connectivity index (χ2v) is 9.84. The first-order valence-electron chi connectivity index (χ1n) is 10.2. The van der Waals surface area contributed by atoms with Gasteiger partial charge in [0.05, 0.1) is 30.4 Å². The van der Waals surface area contributed by atoms with Gasteiger partial charge in [-0.3, -0.25) is 9.48 Å². The molecular weight excluding hydrogens is 414 g/mol. The third kappa shape index (κ3) is 4.49. The Morgan fingerprint density at radius 3 is 2.58 bits per heavy atom. The quantitative estimate of drug-likeness (QED) is 0.632. The molecule has 2 aromatic carbocycles. The van der Waals surface area contributed by atoms with Crippen LogP contribution in [0.3, 0.4) is 0 Å². The molecular formula is C23H25N3O4S. The van der Waals surface area contributed by atoms with Crippen LogP contribution >= 0.6 is 0 Å². The molecule has 1 amide bonds. The van der Waals surface area contributed by atoms with Crippen molar-refractivity contribution in [3.8, 4) is 17.0 Å². The molecule has 1 atom stereocenters. The lowest BCUT2D eigenvalue weighted by molar-refractivity contribution is 0.102. The van der Waals surface area contributed by atoms with Crippen molar-refractivity contribution >= 4 is 21.4 Å². The van der Waals surface area contributed by atoms with Crippen LogP contribution in [0, 0.1) is 0 Å². The van der Waals surface area contributed by atoms with Crippen molar-refractivity contribution in [2.24, 2.45) is 0 Å². The van der Waals surface area contributed by atoms with Crippen LogP contribution in [-0.4, -0.2) is 42.7 Å². The fourth-order valence-electron chi connectivity index (χ4n) is 3.87. The topological polar surface area (TPSA) is 90.3 Å². The average molecular weight is 440 g/mol. The van der Waals surface area contributed by atoms with Crippen molar-refractivity contribution in [3.05, 3.63) is 65.9 Å². The van der Waals surface area contributed by atoms with E-state index in [4.69, 9.17) is 4.74 Å². The first kappa shape index (κ1) is 21.1. The highest BCUT2D eigenvalue weighted by Crippen LogP contribution is 2.31. The monoisotopic (exact) mass is 439 g/mol. The molecule has 7 nitrogen and oxygen atoms in total. The number of rotatable bonds is 6. The van der Waals surface area contributed by atoms with E-state index >= 15 is 0 Å². The Bertz CT molecular complexity index is 1200. The zero-order valence-corrected chi connectivity index (χ0v) is 18.4. The van der Waals surface area contributed by atoms with Crippen molar-refractivity contribution in [3.63, 3.8) is 0 Å². The minimum Gasteiger partial charge on any atom is -0.497 e. The van der Waals surface area contributed by atoms with Crippen LogP contribution in [0.1, 0.15) is 35.4 Å². The molecule has 0 saturated carbocycles. The molecule has 1 fully saturated rings. The summed E-state index contributed by atoms with van der Waals surface area (Å²) in [6.07, 6.45) is 1.27. The number of nitrogens with zero attached hydrogens (tertiary/aromatic N) is 2. The van der Waals surface area contributed by atoms with E-state index in [0.717, 1.165) is 23.2 Å². The summed E-state index contributed by atoms with van der Waals surface area (Å²) >= 11 is 0. The third-order valence-corrected chi connectivity index (χ3v) is 7.31. The molecule has 1 aromatic heterocycles. The number of nitrogens with one attached hydrogen (secondary N) is 1. The molecule has 1 saturated heterocycles. The van der Waals surface area contributed by atoms with E-state index in [-0.39, 0.29) is 29.1 Å². The summed E-state index contributed by atoms with van der Waals surface area (Å²) in [4.78, 5) is 13.0. The number of sulfone groups is 1. The van der Waals surface area contributed by atoms with E-state index in [2.05, 4.69) is 10.4 Å². The Labute approximate surface area is 182 Å². The van der Waals surface area contributed by atoms with Crippen LogP contribution in [0.25, 0.3) is 11.3 Å². The van der Waals surface area contributed by atoms with Gasteiger partial charge in [-0.2, -0.15) is 5.10 Å². The van der Waals surface area contributed by atoms with Crippen molar-refractivity contribution in [2.45, 2.75) is 25.8 Å². The van der Waals surface area contributed by atoms with Crippen LogP contribution in [0.2, 0.25) is 0 Å². The van der Waals surface area contributed by atoms with Gasteiger partial charge >= 0.3 is 0 Å². The second kappa shape index (κ2) is 8.55. The van der Waals surface area contributed by atoms with E-state index in [1.165, 1.54) is 0 Å². The van der Waals surface area contributed by atoms with E-state index in [9.17, 15) is 13.2 Å². The SMILES string of the molecule is CCc1ccccc1NC(=O)c1cc(-c2ccc(OC)cc2)n([C@@H]2CCS(=O)(=O)C2)n1. The zero-order chi connectivity index (χ0) is 22.0. The molecule has 0 radical (unpaired) electrons. The van der Waals surface area contributed by atoms with Crippen molar-refractivity contribution in [1.82, 2.24) is 9.78 Å². The predicted octanol–water partition coefficient (Wildman–Crippen LogP) is 3.73. The highest BCUT2D eigenvalue weighted by Gasteiger charge is 2.32. The summed E-state index contributed by atoms with van der Waals surface area (Å²) in [6.45, 7) is 2.03. The summed E-state index contributed by atoms with van der Waals surface area (Å²) in [5.74, 6) is 0.547. The Kier molecular flexibility index (Phi) is 5.82. The van der Waals surface area contributed by atoms with E-state index < -0.39 is 9.84 Å². The zero-order valence-electron chi connectivity index (χ0n) is 17.5. The average Bonchev–Trinajstić information content (AvgIpc) is 3.37. The van der Waals surface area contributed by atoms with Gasteiger partial charge in [0.2, 0.25) is 0 Å². The molecule has 1 N–H and O–H groups in total. The summed E-state index contributed by atoms with van der Waals surface area (Å²) < 4.78 is 31.0. The number of carbonyl (C=O) groups excluding carboxylic acids is 1. The van der Waals surface area contributed by atoms with Crippen molar-refractivity contribution in [1.29, 1.82) is 0 Å². The first-order chi connectivity index (χ1) is 14.9. The molecule has 31 heavy (non-hydrogen) atoms. The maximum absolute atomic E-state index is 13.0. The summed E-state index contributed by atoms with van der Waals surface area (Å²) in [6, 6.07) is 16.5. The Hall–Kier alpha value is -3.13. The van der Waals surface area contributed by atoms with Gasteiger partial charge in [-0.15, -0.1) is 0 Å². The number of aryl methyl sites for hydroxylation is 1. The van der Waals surface area contributed by atoms with Gasteiger partial charge in [0.1, 0.15) is 5.75 Å². The Balaban J connectivity index is 1.71. The maximum atomic E-state index is 13.0. The predicted molar refractivity (Wildman–Crippen MR) is 120 cm³/mol. The summed E-state index contributed by atoms with van der Waals surface area (Å²) in [5, 5.41) is 7.48. The molecule has 1 aliphatic heterocycles. The molecule has 2 heterocycles. The molecule has 1 aliphatic rings. The summed E-state index contributed by atoms with van der Waals surface area (Å²) in [5.41, 5.74) is 3.58. The van der Waals surface area contributed by atoms with Gasteiger partial charge < -0.3 is 10.1 Å². The number of anilines is 1. The smallest absolute Gasteiger partial charge is 0.276 e. The first-order valence-corrected chi connectivity index (χ1v) is 12.1. The highest BCUT2D eigenvalue weighted by atomic mass is 32.2. The van der Waals surface area contributed by atoms with E-state index in [1.54, 1.807) is 17.9 Å². The van der Waals surface area contributed by atoms with Crippen molar-refractivity contribution in [2.75, 3.05) is 23.9 Å². The number of hydrogen-bond acceptors (Lipinski definition) is 5. The number of hydrogen-bond donors (Lipinski definition) is 1. The normalized spacial score (nSPS) is 17.4. The fourth-order valence-corrected chi connectivity index (χ4v) is 5.56. The van der Waals surface area contributed by atoms with Gasteiger partial charge in [-0.05, 0) is 54.8 Å². The lowest BCUT2D eigenvalue weighted by Crippen LogP contribution is -2.17. The molecule has 3 aromatic rings. The number of aromatic nitrogens is 2. The third-order valence-electron chi connectivity index (χ3n) is 5.55. The van der Waals surface area contributed by atoms with Crippen LogP contribution in [-0.2, 0) is 16.3 Å². The molecule has 162 valence electrons. The Morgan fingerprint density at radius 1 is 1.19 bits per heavy atom. The van der Waals surface area contributed by atoms with E-state index in [0.29, 0.717) is 17.9 Å². The van der Waals surface area contributed by atoms with Gasteiger partial charge in [-0.1, -0.05) is 25.1 Å². The molecule has 0 spiro atoms. The van der Waals surface area contributed by atoms with Crippen LogP contribution in [0.15, 0.2) is 54.6 Å². The van der Waals surface area contributed by atoms with E-state index in [1.807, 2.05) is 55.5 Å². The maximum Gasteiger partial charge on any atom is 0.276 e. The lowest BCUT2D eigenvalue weighted by atomic mass is 10.1. The Morgan fingerprint density at radius 2 is 1.94 bits per heavy atom. The molecule has 0 bridgehead atoms. The number of amides is 1. The fraction of sp³-hybridized carbons (Fsp3) is 0.304. The largest absolute Gasteiger partial charge is 0.497 e. The van der Waals surface area contributed by atoms with Gasteiger partial charge in [0.25, 0.3) is 5.91 Å². The second-order valence-electron chi connectivity index (χ2n) is 7.61. The van der Waals surface area contributed by atoms with Crippen molar-refractivity contribution < 1.29 is 17.9 Å². The van der Waals surface area contributed by atoms with Crippen LogP contribution in [0.4, 0.5) is 5.69 Å². The standard InChI is InChI=1S/C23H25N3O4S/c1-3-16-6-4-5-7-20(16)24-23(27)21-14-22(17-8-10-19(30-2)11-9-17)26(25-21)18-12-13-31(28,29)15-18/h4-11,14,18H,3,12-13,15H2,1-2H3,(H,24,27)/t18-/m1/s1. The minimum atomic E-state index is -3.10. The lowest BCUT2D eigenvalue weighted by Gasteiger charge is -2.13. The molecule has 8 heteroatoms. The van der Waals surface area contributed by atoms with Crippen LogP contribution < -0.4 is 10.1 Å². The minimum absolute atomic E-state index is 0.0254. The highest BCUT2D eigenvalue weighted by molar-refractivity contribution is 7.91. The molecule has 0 unspecified atom stereocenters.